The number of benzene rings is 2. The summed E-state index contributed by atoms with van der Waals surface area (Å²) in [6, 6.07) is 14.4. The number of amides is 7. The van der Waals surface area contributed by atoms with Crippen LogP contribution in [0.5, 0.6) is 11.5 Å². The van der Waals surface area contributed by atoms with Crippen molar-refractivity contribution in [3.8, 4) is 11.5 Å². The third-order valence-electron chi connectivity index (χ3n) is 12.7. The van der Waals surface area contributed by atoms with Gasteiger partial charge in [0, 0.05) is 90.7 Å². The Morgan fingerprint density at radius 2 is 1.39 bits per heavy atom. The van der Waals surface area contributed by atoms with Crippen LogP contribution in [-0.2, 0) is 60.9 Å². The van der Waals surface area contributed by atoms with E-state index in [0.29, 0.717) is 65.5 Å². The summed E-state index contributed by atoms with van der Waals surface area (Å²) in [4.78, 5) is 108. The van der Waals surface area contributed by atoms with E-state index in [1.807, 2.05) is 31.2 Å². The number of para-hydroxylation sites is 1. The highest BCUT2D eigenvalue weighted by atomic mass is 16.7. The summed E-state index contributed by atoms with van der Waals surface area (Å²) in [5.41, 5.74) is 4.19. The lowest BCUT2D eigenvalue weighted by Crippen LogP contribution is -2.41. The van der Waals surface area contributed by atoms with E-state index in [0.717, 1.165) is 11.3 Å². The zero-order valence-corrected chi connectivity index (χ0v) is 46.9. The molecule has 0 aliphatic carbocycles. The van der Waals surface area contributed by atoms with Gasteiger partial charge in [0.25, 0.3) is 23.6 Å². The minimum Gasteiger partial charge on any atom is -0.493 e. The number of rotatable bonds is 28. The van der Waals surface area contributed by atoms with Gasteiger partial charge in [-0.25, -0.2) is 9.59 Å². The Morgan fingerprint density at radius 3 is 2.02 bits per heavy atom. The zero-order valence-electron chi connectivity index (χ0n) is 46.9. The molecule has 26 heteroatoms. The van der Waals surface area contributed by atoms with E-state index in [2.05, 4.69) is 42.2 Å². The molecule has 0 saturated carbocycles. The predicted octanol–water partition coefficient (Wildman–Crippen LogP) is 4.96. The summed E-state index contributed by atoms with van der Waals surface area (Å²) in [6.07, 6.45) is 6.76. The fraction of sp³-hybridized carbons (Fsp3) is 0.411. The number of esters is 1. The molecule has 3 atom stereocenters. The molecule has 82 heavy (non-hydrogen) atoms. The summed E-state index contributed by atoms with van der Waals surface area (Å²) in [5.74, 6) is -2.63. The molecule has 0 saturated heterocycles. The normalized spacial score (nSPS) is 13.0. The maximum Gasteiger partial charge on any atom is 0.407 e. The van der Waals surface area contributed by atoms with E-state index in [-0.39, 0.29) is 87.7 Å². The molecular formula is C56H71N11O15. The van der Waals surface area contributed by atoms with Gasteiger partial charge in [-0.15, -0.1) is 0 Å². The number of aliphatic hydroxyl groups is 1. The van der Waals surface area contributed by atoms with Crippen molar-refractivity contribution < 1.29 is 71.9 Å². The van der Waals surface area contributed by atoms with Crippen LogP contribution < -0.4 is 46.7 Å². The topological polar surface area (TPSA) is 324 Å². The second-order valence-electron chi connectivity index (χ2n) is 18.9. The van der Waals surface area contributed by atoms with Crippen LogP contribution in [0.25, 0.3) is 0 Å². The van der Waals surface area contributed by atoms with E-state index in [1.54, 1.807) is 62.6 Å². The van der Waals surface area contributed by atoms with Crippen molar-refractivity contribution in [3.63, 3.8) is 0 Å². The SMILES string of the molecule is CCC(CO)OC(COC(=O)NCCC(=O)N[C@@H](C)C(=O)OCCCNC(=O)c1cc(NC(=O)c2cc(NC(=O)c3cc(NC(=O)CCCOc4cc5c(cc4OC)C(=O)Nc4ccccc4CCC=N5)cn3C)cn2C)cn1C)OC. The summed E-state index contributed by atoms with van der Waals surface area (Å²) in [7, 11) is 7.76. The third-order valence-corrected chi connectivity index (χ3v) is 12.7. The Balaban J connectivity index is 0.880. The minimum absolute atomic E-state index is 0.0549. The molecule has 1 aliphatic rings. The van der Waals surface area contributed by atoms with Crippen molar-refractivity contribution in [3.05, 3.63) is 101 Å². The van der Waals surface area contributed by atoms with Gasteiger partial charge >= 0.3 is 12.1 Å². The Labute approximate surface area is 473 Å². The maximum absolute atomic E-state index is 13.4. The fourth-order valence-corrected chi connectivity index (χ4v) is 8.30. The van der Waals surface area contributed by atoms with Crippen LogP contribution in [0.15, 0.2) is 78.2 Å². The number of aliphatic hydroxyl groups excluding tert-OH is 1. The van der Waals surface area contributed by atoms with Crippen LogP contribution in [0, 0.1) is 0 Å². The zero-order chi connectivity index (χ0) is 59.3. The number of nitrogens with one attached hydrogen (secondary N) is 7. The molecule has 5 aromatic rings. The molecule has 1 aliphatic heterocycles. The number of carbonyl (C=O) groups excluding carboxylic acids is 8. The Kier molecular flexibility index (Phi) is 23.2. The molecule has 0 spiro atoms. The lowest BCUT2D eigenvalue weighted by Gasteiger charge is -2.21. The quantitative estimate of drug-likeness (QED) is 0.0186. The highest BCUT2D eigenvalue weighted by Gasteiger charge is 2.23. The first-order chi connectivity index (χ1) is 39.4. The Morgan fingerprint density at radius 1 is 0.744 bits per heavy atom. The van der Waals surface area contributed by atoms with E-state index in [1.165, 1.54) is 48.5 Å². The molecule has 2 unspecified atom stereocenters. The molecule has 440 valence electrons. The van der Waals surface area contributed by atoms with Crippen LogP contribution in [0.4, 0.5) is 33.2 Å². The van der Waals surface area contributed by atoms with Crippen molar-refractivity contribution >= 4 is 82.2 Å². The van der Waals surface area contributed by atoms with Crippen molar-refractivity contribution in [2.75, 3.05) is 75.0 Å². The van der Waals surface area contributed by atoms with Crippen molar-refractivity contribution in [1.82, 2.24) is 29.7 Å². The van der Waals surface area contributed by atoms with E-state index in [4.69, 9.17) is 28.4 Å². The number of ether oxygens (including phenoxy) is 6. The van der Waals surface area contributed by atoms with Gasteiger partial charge in [0.15, 0.2) is 17.8 Å². The van der Waals surface area contributed by atoms with Crippen molar-refractivity contribution in [1.29, 1.82) is 0 Å². The van der Waals surface area contributed by atoms with Gasteiger partial charge in [0.1, 0.15) is 29.7 Å². The molecule has 0 fully saturated rings. The number of hydrogen-bond acceptors (Lipinski definition) is 16. The number of aromatic nitrogens is 3. The maximum atomic E-state index is 13.4. The molecule has 8 N–H and O–H groups in total. The number of nitrogens with zero attached hydrogens (tertiary/aromatic N) is 4. The number of aryl methyl sites for hydroxylation is 4. The van der Waals surface area contributed by atoms with Gasteiger partial charge in [-0.2, -0.15) is 0 Å². The van der Waals surface area contributed by atoms with Gasteiger partial charge in [-0.3, -0.25) is 33.8 Å². The van der Waals surface area contributed by atoms with Crippen LogP contribution >= 0.6 is 0 Å². The monoisotopic (exact) mass is 1140 g/mol. The van der Waals surface area contributed by atoms with Crippen molar-refractivity contribution in [2.24, 2.45) is 26.1 Å². The molecular weight excluding hydrogens is 1070 g/mol. The Bertz CT molecular complexity index is 3100. The number of hydrogen-bond donors (Lipinski definition) is 8. The van der Waals surface area contributed by atoms with Gasteiger partial charge in [0.2, 0.25) is 11.8 Å². The highest BCUT2D eigenvalue weighted by Crippen LogP contribution is 2.36. The predicted molar refractivity (Wildman–Crippen MR) is 302 cm³/mol. The number of methoxy groups -OCH3 is 2. The lowest BCUT2D eigenvalue weighted by molar-refractivity contribution is -0.181. The molecule has 0 bridgehead atoms. The van der Waals surface area contributed by atoms with E-state index in [9.17, 15) is 43.5 Å². The molecule has 3 aromatic heterocycles. The average molecular weight is 1140 g/mol. The van der Waals surface area contributed by atoms with Gasteiger partial charge in [0.05, 0.1) is 61.3 Å². The summed E-state index contributed by atoms with van der Waals surface area (Å²) in [6.45, 7) is 2.96. The lowest BCUT2D eigenvalue weighted by atomic mass is 10.1. The summed E-state index contributed by atoms with van der Waals surface area (Å²) >= 11 is 0. The second kappa shape index (κ2) is 30.5. The largest absolute Gasteiger partial charge is 0.493 e. The van der Waals surface area contributed by atoms with Crippen LogP contribution in [0.1, 0.15) is 99.8 Å². The summed E-state index contributed by atoms with van der Waals surface area (Å²) in [5, 5.41) is 28.3. The number of alkyl carbamates (subject to hydrolysis) is 1. The van der Waals surface area contributed by atoms with E-state index >= 15 is 0 Å². The van der Waals surface area contributed by atoms with Gasteiger partial charge < -0.3 is 84.4 Å². The second-order valence-corrected chi connectivity index (χ2v) is 18.9. The number of aliphatic imine (C=N–C) groups is 1. The van der Waals surface area contributed by atoms with Gasteiger partial charge in [-0.05, 0) is 74.9 Å². The first kappa shape index (κ1) is 62.2. The summed E-state index contributed by atoms with van der Waals surface area (Å²) < 4.78 is 37.0. The first-order valence-corrected chi connectivity index (χ1v) is 26.5. The first-order valence-electron chi connectivity index (χ1n) is 26.5. The van der Waals surface area contributed by atoms with Crippen molar-refractivity contribution in [2.45, 2.75) is 77.2 Å². The van der Waals surface area contributed by atoms with Crippen LogP contribution in [0.3, 0.4) is 0 Å². The van der Waals surface area contributed by atoms with Crippen LogP contribution in [-0.4, -0.2) is 145 Å². The molecule has 2 aromatic carbocycles. The fourth-order valence-electron chi connectivity index (χ4n) is 8.30. The number of carbonyl (C=O) groups is 8. The minimum atomic E-state index is -0.989. The van der Waals surface area contributed by atoms with Gasteiger partial charge in [-0.1, -0.05) is 25.1 Å². The van der Waals surface area contributed by atoms with E-state index < -0.39 is 54.1 Å². The number of anilines is 4. The van der Waals surface area contributed by atoms with Crippen LogP contribution in [0.2, 0.25) is 0 Å². The third kappa shape index (κ3) is 18.0. The highest BCUT2D eigenvalue weighted by molar-refractivity contribution is 6.09. The molecule has 6 rings (SSSR count). The Hall–Kier alpha value is -9.01. The standard InChI is InChI=1S/C56H71N11O15/c1-8-39(32-68)82-50(78-7)33-81-56(76)59-21-18-49(70)60-34(2)55(75)80-23-13-20-58-52(72)43-25-37(30-65(43)3)62-54(74)45-26-38(31-67(45)5)63-53(73)44-24-36(29-66(44)4)61-48(69)17-12-22-79-47-28-42-40(27-46(47)77-6)51(71)64-41-16-10-9-14-35(41)15-11-19-57-42/h9-10,14,16,19,24-31,34,39,50,68H,8,11-13,15,17-18,20-23,32-33H2,1-7H3,(H,58,72)(H,59,76)(H,60,70)(H,61,69)(H,62,74)(H,63,73)(H,64,71)/t34-,39?,50?/m0/s1. The molecule has 26 nitrogen and oxygen atoms in total. The number of fused-ring (bicyclic) bond motifs is 2. The average Bonchev–Trinajstić information content (AvgIpc) is 4.28. The molecule has 7 amide bonds. The smallest absolute Gasteiger partial charge is 0.407 e. The molecule has 0 radical (unpaired) electrons. The molecule has 4 heterocycles.